The molecule has 0 aromatic carbocycles. The molecule has 1 N–H and O–H groups in total. The predicted molar refractivity (Wildman–Crippen MR) is 105 cm³/mol. The summed E-state index contributed by atoms with van der Waals surface area (Å²) in [7, 11) is 0. The molecule has 0 saturated carbocycles. The highest BCUT2D eigenvalue weighted by Gasteiger charge is 2.44. The van der Waals surface area contributed by atoms with E-state index in [0.717, 1.165) is 32.0 Å². The molecule has 2 fully saturated rings. The van der Waals surface area contributed by atoms with Crippen LogP contribution in [0.1, 0.15) is 5.56 Å². The molecule has 0 unspecified atom stereocenters. The number of carboxylic acids is 1. The van der Waals surface area contributed by atoms with Gasteiger partial charge in [-0.25, -0.2) is 4.79 Å². The number of hydrogen-bond donors (Lipinski definition) is 1. The number of ether oxygens (including phenoxy) is 2. The van der Waals surface area contributed by atoms with E-state index in [1.54, 1.807) is 29.8 Å². The second kappa shape index (κ2) is 9.95. The molecule has 3 atom stereocenters. The number of nitrogens with zero attached hydrogens (tertiary/aromatic N) is 2. The lowest BCUT2D eigenvalue weighted by atomic mass is 9.94. The normalized spacial score (nSPS) is 23.5. The van der Waals surface area contributed by atoms with Crippen LogP contribution >= 0.6 is 22.9 Å². The average Bonchev–Trinajstić information content (AvgIpc) is 3.38. The van der Waals surface area contributed by atoms with Crippen LogP contribution in [-0.2, 0) is 16.1 Å². The molecule has 0 bridgehead atoms. The minimum Gasteiger partial charge on any atom is -0.492 e. The minimum atomic E-state index is -5.08. The lowest BCUT2D eigenvalue weighted by Crippen LogP contribution is -2.26. The molecule has 4 rings (SSSR count). The maximum atomic E-state index is 10.6. The van der Waals surface area contributed by atoms with Crippen molar-refractivity contribution in [2.24, 2.45) is 11.8 Å². The smallest absolute Gasteiger partial charge is 0.490 e. The molecule has 0 amide bonds. The summed E-state index contributed by atoms with van der Waals surface area (Å²) in [6.45, 7) is 4.58. The van der Waals surface area contributed by atoms with Gasteiger partial charge in [-0.1, -0.05) is 11.6 Å². The van der Waals surface area contributed by atoms with Gasteiger partial charge in [-0.05, 0) is 22.4 Å². The van der Waals surface area contributed by atoms with Crippen LogP contribution < -0.4 is 4.74 Å². The van der Waals surface area contributed by atoms with E-state index in [0.29, 0.717) is 29.6 Å². The van der Waals surface area contributed by atoms with Crippen molar-refractivity contribution in [3.05, 3.63) is 45.9 Å². The summed E-state index contributed by atoms with van der Waals surface area (Å²) < 4.78 is 43.6. The highest BCUT2D eigenvalue weighted by molar-refractivity contribution is 7.07. The summed E-state index contributed by atoms with van der Waals surface area (Å²) in [5.74, 6) is -1.03. The summed E-state index contributed by atoms with van der Waals surface area (Å²) in [5.41, 5.74) is 1.40. The first-order chi connectivity index (χ1) is 14.2. The number of aromatic nitrogens is 1. The van der Waals surface area contributed by atoms with Crippen LogP contribution in [0.15, 0.2) is 35.3 Å². The number of carbonyl (C=O) groups is 1. The van der Waals surface area contributed by atoms with Crippen LogP contribution in [0, 0.1) is 11.8 Å². The van der Waals surface area contributed by atoms with Gasteiger partial charge < -0.3 is 14.6 Å². The van der Waals surface area contributed by atoms with E-state index in [2.05, 4.69) is 26.7 Å². The quantitative estimate of drug-likeness (QED) is 0.722. The van der Waals surface area contributed by atoms with E-state index in [-0.39, 0.29) is 0 Å². The number of likely N-dealkylation sites (tertiary alicyclic amines) is 1. The van der Waals surface area contributed by atoms with Gasteiger partial charge in [0.25, 0.3) is 0 Å². The molecule has 2 aromatic rings. The average molecular weight is 465 g/mol. The summed E-state index contributed by atoms with van der Waals surface area (Å²) in [5, 5.41) is 12.1. The SMILES string of the molecule is Clc1cncc(OC[C@@H]2CO[C@@H]3CN(Cc4ccsc4)C[C@H]23)c1.O=C(O)C(F)(F)F. The Hall–Kier alpha value is -1.88. The molecule has 2 saturated heterocycles. The molecule has 4 heterocycles. The van der Waals surface area contributed by atoms with Gasteiger partial charge in [-0.15, -0.1) is 0 Å². The second-order valence-corrected chi connectivity index (χ2v) is 8.29. The molecule has 2 aliphatic heterocycles. The van der Waals surface area contributed by atoms with Crippen molar-refractivity contribution >= 4 is 28.9 Å². The lowest BCUT2D eigenvalue weighted by Gasteiger charge is -2.19. The van der Waals surface area contributed by atoms with Gasteiger partial charge in [-0.2, -0.15) is 24.5 Å². The maximum Gasteiger partial charge on any atom is 0.490 e. The van der Waals surface area contributed by atoms with Gasteiger partial charge in [0.2, 0.25) is 0 Å². The molecule has 0 spiro atoms. The van der Waals surface area contributed by atoms with Crippen LogP contribution in [0.25, 0.3) is 0 Å². The Morgan fingerprint density at radius 2 is 2.17 bits per heavy atom. The Morgan fingerprint density at radius 1 is 1.40 bits per heavy atom. The molecule has 164 valence electrons. The van der Waals surface area contributed by atoms with Crippen LogP contribution in [0.5, 0.6) is 5.75 Å². The van der Waals surface area contributed by atoms with Gasteiger partial charge in [0, 0.05) is 43.7 Å². The van der Waals surface area contributed by atoms with E-state index in [1.807, 2.05) is 0 Å². The molecule has 0 aliphatic carbocycles. The third-order valence-corrected chi connectivity index (χ3v) is 5.83. The zero-order valence-electron chi connectivity index (χ0n) is 15.7. The van der Waals surface area contributed by atoms with Crippen molar-refractivity contribution in [1.82, 2.24) is 9.88 Å². The number of pyridine rings is 1. The third-order valence-electron chi connectivity index (χ3n) is 4.89. The van der Waals surface area contributed by atoms with Gasteiger partial charge in [0.05, 0.1) is 30.5 Å². The molecular weight excluding hydrogens is 445 g/mol. The maximum absolute atomic E-state index is 10.6. The largest absolute Gasteiger partial charge is 0.492 e. The molecule has 0 radical (unpaired) electrons. The highest BCUT2D eigenvalue weighted by Crippen LogP contribution is 2.35. The number of carboxylic acid groups (broad SMARTS) is 1. The predicted octanol–water partition coefficient (Wildman–Crippen LogP) is 3.96. The fourth-order valence-electron chi connectivity index (χ4n) is 3.50. The summed E-state index contributed by atoms with van der Waals surface area (Å²) in [4.78, 5) is 15.4. The number of fused-ring (bicyclic) bond motifs is 1. The van der Waals surface area contributed by atoms with Gasteiger partial charge >= 0.3 is 12.1 Å². The number of halogens is 4. The number of rotatable bonds is 5. The number of alkyl halides is 3. The van der Waals surface area contributed by atoms with Crippen LogP contribution in [0.2, 0.25) is 5.02 Å². The van der Waals surface area contributed by atoms with E-state index < -0.39 is 12.1 Å². The van der Waals surface area contributed by atoms with Crippen LogP contribution in [0.4, 0.5) is 13.2 Å². The van der Waals surface area contributed by atoms with Gasteiger partial charge in [-0.3, -0.25) is 9.88 Å². The summed E-state index contributed by atoms with van der Waals surface area (Å²) in [6, 6.07) is 4.01. The Morgan fingerprint density at radius 3 is 2.80 bits per heavy atom. The molecular formula is C19H20ClF3N2O4S. The van der Waals surface area contributed by atoms with Crippen molar-refractivity contribution in [1.29, 1.82) is 0 Å². The molecule has 6 nitrogen and oxygen atoms in total. The van der Waals surface area contributed by atoms with E-state index >= 15 is 0 Å². The standard InChI is InChI=1S/C17H19ClN2O2S.C2HF3O2/c18-14-3-15(5-19-4-14)21-9-13-10-22-17-8-20(7-16(13)17)6-12-1-2-23-11-12;3-2(4,5)1(6)7/h1-5,11,13,16-17H,6-10H2;(H,6,7)/t13-,16-,17-;/m1./s1. The minimum absolute atomic E-state index is 0.347. The van der Waals surface area contributed by atoms with E-state index in [1.165, 1.54) is 5.56 Å². The highest BCUT2D eigenvalue weighted by atomic mass is 35.5. The van der Waals surface area contributed by atoms with Gasteiger partial charge in [0.15, 0.2) is 0 Å². The number of hydrogen-bond acceptors (Lipinski definition) is 6. The summed E-state index contributed by atoms with van der Waals surface area (Å²) >= 11 is 7.70. The number of thiophene rings is 1. The van der Waals surface area contributed by atoms with Crippen molar-refractivity contribution in [3.63, 3.8) is 0 Å². The van der Waals surface area contributed by atoms with Crippen molar-refractivity contribution in [2.45, 2.75) is 18.8 Å². The first-order valence-electron chi connectivity index (χ1n) is 9.11. The van der Waals surface area contributed by atoms with Crippen molar-refractivity contribution in [3.8, 4) is 5.75 Å². The van der Waals surface area contributed by atoms with Crippen LogP contribution in [-0.4, -0.2) is 59.5 Å². The first kappa shape index (κ1) is 22.8. The Balaban J connectivity index is 0.000000318. The van der Waals surface area contributed by atoms with Crippen molar-refractivity contribution < 1.29 is 32.5 Å². The summed E-state index contributed by atoms with van der Waals surface area (Å²) in [6.07, 6.45) is -1.42. The van der Waals surface area contributed by atoms with E-state index in [9.17, 15) is 13.2 Å². The number of aliphatic carboxylic acids is 1. The third kappa shape index (κ3) is 6.31. The molecule has 30 heavy (non-hydrogen) atoms. The first-order valence-corrected chi connectivity index (χ1v) is 10.4. The fraction of sp³-hybridized carbons (Fsp3) is 0.474. The monoisotopic (exact) mass is 464 g/mol. The van der Waals surface area contributed by atoms with E-state index in [4.69, 9.17) is 31.0 Å². The van der Waals surface area contributed by atoms with Crippen LogP contribution in [0.3, 0.4) is 0 Å². The Labute approximate surface area is 180 Å². The lowest BCUT2D eigenvalue weighted by molar-refractivity contribution is -0.192. The van der Waals surface area contributed by atoms with Gasteiger partial charge in [0.1, 0.15) is 5.75 Å². The molecule has 11 heteroatoms. The second-order valence-electron chi connectivity index (χ2n) is 7.07. The Kier molecular flexibility index (Phi) is 7.56. The topological polar surface area (TPSA) is 71.9 Å². The zero-order chi connectivity index (χ0) is 21.7. The fourth-order valence-corrected chi connectivity index (χ4v) is 4.32. The zero-order valence-corrected chi connectivity index (χ0v) is 17.3. The molecule has 2 aromatic heterocycles. The molecule has 2 aliphatic rings. The Bertz CT molecular complexity index is 837. The van der Waals surface area contributed by atoms with Crippen molar-refractivity contribution in [2.75, 3.05) is 26.3 Å².